The molecule has 0 saturated heterocycles. The lowest BCUT2D eigenvalue weighted by Crippen LogP contribution is -2.01. The highest BCUT2D eigenvalue weighted by Gasteiger charge is 2.18. The molecule has 0 spiro atoms. The molecule has 0 unspecified atom stereocenters. The molecular formula is C49H63N3O2S. The summed E-state index contributed by atoms with van der Waals surface area (Å²) >= 11 is 1.69. The lowest BCUT2D eigenvalue weighted by molar-refractivity contribution is 0.302. The van der Waals surface area contributed by atoms with Gasteiger partial charge in [0.2, 0.25) is 0 Å². The summed E-state index contributed by atoms with van der Waals surface area (Å²) in [5.74, 6) is 2.87. The van der Waals surface area contributed by atoms with Crippen LogP contribution in [0.5, 0.6) is 11.5 Å². The van der Waals surface area contributed by atoms with Crippen molar-refractivity contribution in [2.45, 2.75) is 147 Å². The van der Waals surface area contributed by atoms with Crippen LogP contribution in [0.15, 0.2) is 78.0 Å². The highest BCUT2D eigenvalue weighted by Crippen LogP contribution is 2.40. The van der Waals surface area contributed by atoms with Crippen molar-refractivity contribution in [1.29, 1.82) is 0 Å². The molecule has 1 heterocycles. The lowest BCUT2D eigenvalue weighted by atomic mass is 9.92. The summed E-state index contributed by atoms with van der Waals surface area (Å²) in [6, 6.07) is 25.2. The second-order valence-corrected chi connectivity index (χ2v) is 16.5. The van der Waals surface area contributed by atoms with Gasteiger partial charge in [0.05, 0.1) is 12.2 Å². The normalized spacial score (nSPS) is 11.7. The molecule has 5 nitrogen and oxygen atoms in total. The van der Waals surface area contributed by atoms with E-state index < -0.39 is 0 Å². The number of hydrogen-bond donors (Lipinski definition) is 1. The van der Waals surface area contributed by atoms with Gasteiger partial charge in [-0.1, -0.05) is 190 Å². The maximum absolute atomic E-state index is 11.3. The summed E-state index contributed by atoms with van der Waals surface area (Å²) in [4.78, 5) is 15.1. The third kappa shape index (κ3) is 11.6. The van der Waals surface area contributed by atoms with Crippen LogP contribution in [0.4, 0.5) is 0 Å². The summed E-state index contributed by atoms with van der Waals surface area (Å²) in [6.07, 6.45) is 26.0. The Labute approximate surface area is 334 Å². The summed E-state index contributed by atoms with van der Waals surface area (Å²) in [6.45, 7) is 5.20. The van der Waals surface area contributed by atoms with E-state index in [1.54, 1.807) is 17.8 Å². The van der Waals surface area contributed by atoms with Crippen molar-refractivity contribution < 1.29 is 9.84 Å². The van der Waals surface area contributed by atoms with Crippen LogP contribution in [-0.2, 0) is 0 Å². The van der Waals surface area contributed by atoms with Crippen molar-refractivity contribution in [3.8, 4) is 34.3 Å². The number of nitrogens with zero attached hydrogens (tertiary/aromatic N) is 3. The number of rotatable bonds is 26. The number of thioether (sulfide) groups is 1. The second-order valence-electron chi connectivity index (χ2n) is 15.5. The third-order valence-electron chi connectivity index (χ3n) is 11.1. The van der Waals surface area contributed by atoms with E-state index in [2.05, 4.69) is 68.4 Å². The first-order chi connectivity index (χ1) is 27.2. The zero-order valence-electron chi connectivity index (χ0n) is 33.6. The maximum atomic E-state index is 11.3. The minimum atomic E-state index is 0.124. The van der Waals surface area contributed by atoms with Crippen LogP contribution in [0.3, 0.4) is 0 Å². The monoisotopic (exact) mass is 757 g/mol. The Bertz CT molecular complexity index is 2030. The largest absolute Gasteiger partial charge is 0.507 e. The average molecular weight is 758 g/mol. The molecule has 55 heavy (non-hydrogen) atoms. The Morgan fingerprint density at radius 3 is 1.64 bits per heavy atom. The smallest absolute Gasteiger partial charge is 0.191 e. The number of hydrogen-bond acceptors (Lipinski definition) is 6. The molecule has 0 aliphatic carbocycles. The van der Waals surface area contributed by atoms with Gasteiger partial charge in [-0.3, -0.25) is 0 Å². The van der Waals surface area contributed by atoms with E-state index in [4.69, 9.17) is 19.7 Å². The Morgan fingerprint density at radius 1 is 0.509 bits per heavy atom. The van der Waals surface area contributed by atoms with Crippen LogP contribution in [0, 0.1) is 0 Å². The fourth-order valence-corrected chi connectivity index (χ4v) is 8.75. The molecule has 0 fully saturated rings. The SMILES string of the molecule is CCCCCCCCCCCCOc1ccc(-c2nc(SCCCCCCCCCCCC)nc(-c3ccc4ccc5cccc6ccc3c4c56)n2)c(O)c1. The molecule has 1 aromatic heterocycles. The van der Waals surface area contributed by atoms with E-state index in [1.165, 1.54) is 143 Å². The van der Waals surface area contributed by atoms with Gasteiger partial charge in [-0.05, 0) is 63.4 Å². The Kier molecular flexibility index (Phi) is 16.3. The zero-order valence-corrected chi connectivity index (χ0v) is 34.4. The highest BCUT2D eigenvalue weighted by atomic mass is 32.2. The van der Waals surface area contributed by atoms with Gasteiger partial charge in [0.25, 0.3) is 0 Å². The fraction of sp³-hybridized carbons (Fsp3) is 0.490. The zero-order chi connectivity index (χ0) is 38.1. The molecule has 6 heteroatoms. The molecule has 292 valence electrons. The number of phenolic OH excluding ortho intramolecular Hbond substituents is 1. The quantitative estimate of drug-likeness (QED) is 0.0338. The minimum absolute atomic E-state index is 0.124. The van der Waals surface area contributed by atoms with Crippen molar-refractivity contribution in [1.82, 2.24) is 15.0 Å². The first-order valence-electron chi connectivity index (χ1n) is 21.7. The van der Waals surface area contributed by atoms with E-state index in [-0.39, 0.29) is 5.75 Å². The predicted molar refractivity (Wildman–Crippen MR) is 236 cm³/mol. The molecule has 5 aromatic carbocycles. The van der Waals surface area contributed by atoms with Gasteiger partial charge in [-0.25, -0.2) is 15.0 Å². The molecule has 0 atom stereocenters. The number of phenols is 1. The van der Waals surface area contributed by atoms with E-state index in [0.29, 0.717) is 34.7 Å². The van der Waals surface area contributed by atoms with E-state index in [0.717, 1.165) is 29.5 Å². The van der Waals surface area contributed by atoms with Crippen LogP contribution < -0.4 is 4.74 Å². The first kappa shape index (κ1) is 40.8. The van der Waals surface area contributed by atoms with Crippen LogP contribution in [0.2, 0.25) is 0 Å². The van der Waals surface area contributed by atoms with Crippen molar-refractivity contribution in [2.24, 2.45) is 0 Å². The molecule has 0 bridgehead atoms. The van der Waals surface area contributed by atoms with Crippen molar-refractivity contribution in [3.63, 3.8) is 0 Å². The number of unbranched alkanes of at least 4 members (excludes halogenated alkanes) is 18. The Balaban J connectivity index is 1.14. The number of aromatic hydroxyl groups is 1. The fourth-order valence-electron chi connectivity index (χ4n) is 7.92. The molecular weight excluding hydrogens is 695 g/mol. The second kappa shape index (κ2) is 22.0. The molecule has 0 amide bonds. The molecule has 0 radical (unpaired) electrons. The predicted octanol–water partition coefficient (Wildman–Crippen LogP) is 15.1. The summed E-state index contributed by atoms with van der Waals surface area (Å²) in [5.41, 5.74) is 1.57. The highest BCUT2D eigenvalue weighted by molar-refractivity contribution is 7.99. The lowest BCUT2D eigenvalue weighted by Gasteiger charge is -2.14. The van der Waals surface area contributed by atoms with Gasteiger partial charge in [-0.2, -0.15) is 0 Å². The van der Waals surface area contributed by atoms with E-state index >= 15 is 0 Å². The van der Waals surface area contributed by atoms with Crippen LogP contribution in [0.25, 0.3) is 55.1 Å². The van der Waals surface area contributed by atoms with E-state index in [1.807, 2.05) is 12.1 Å². The Hall–Kier alpha value is -3.90. The van der Waals surface area contributed by atoms with Gasteiger partial charge in [0.15, 0.2) is 16.8 Å². The molecule has 0 saturated carbocycles. The van der Waals surface area contributed by atoms with Crippen molar-refractivity contribution >= 4 is 44.1 Å². The molecule has 6 rings (SSSR count). The van der Waals surface area contributed by atoms with Gasteiger partial charge >= 0.3 is 0 Å². The average Bonchev–Trinajstić information content (AvgIpc) is 3.21. The van der Waals surface area contributed by atoms with Gasteiger partial charge < -0.3 is 9.84 Å². The first-order valence-corrected chi connectivity index (χ1v) is 22.7. The number of ether oxygens (including phenoxy) is 1. The third-order valence-corrected chi connectivity index (χ3v) is 12.0. The molecule has 6 aromatic rings. The van der Waals surface area contributed by atoms with E-state index in [9.17, 15) is 5.11 Å². The molecule has 1 N–H and O–H groups in total. The molecule has 0 aliphatic rings. The van der Waals surface area contributed by atoms with Crippen LogP contribution in [0.1, 0.15) is 142 Å². The molecule has 0 aliphatic heterocycles. The summed E-state index contributed by atoms with van der Waals surface area (Å²) < 4.78 is 6.08. The van der Waals surface area contributed by atoms with Gasteiger partial charge in [-0.15, -0.1) is 0 Å². The maximum Gasteiger partial charge on any atom is 0.191 e. The van der Waals surface area contributed by atoms with Crippen molar-refractivity contribution in [3.05, 3.63) is 72.8 Å². The van der Waals surface area contributed by atoms with Gasteiger partial charge in [0.1, 0.15) is 11.5 Å². The summed E-state index contributed by atoms with van der Waals surface area (Å²) in [5, 5.41) is 19.3. The van der Waals surface area contributed by atoms with Gasteiger partial charge in [0, 0.05) is 17.4 Å². The topological polar surface area (TPSA) is 68.1 Å². The summed E-state index contributed by atoms with van der Waals surface area (Å²) in [7, 11) is 0. The number of aromatic nitrogens is 3. The van der Waals surface area contributed by atoms with Crippen LogP contribution in [-0.4, -0.2) is 32.4 Å². The van der Waals surface area contributed by atoms with Crippen molar-refractivity contribution in [2.75, 3.05) is 12.4 Å². The Morgan fingerprint density at radius 2 is 1.02 bits per heavy atom. The number of benzene rings is 5. The van der Waals surface area contributed by atoms with Crippen LogP contribution >= 0.6 is 11.8 Å². The standard InChI is InChI=1S/C49H63N3O2S/c1-3-5-7-9-11-13-15-17-19-21-34-54-40-30-33-43(44(53)36-40)48-50-47(51-49(52-48)55-35-22-20-18-16-14-12-10-8-6-4-2)42-32-29-39-27-26-37-24-23-25-38-28-31-41(42)46(39)45(37)38/h23-33,36,53H,3-22,34-35H2,1-2H3. The minimum Gasteiger partial charge on any atom is -0.507 e.